The zero-order valence-electron chi connectivity index (χ0n) is 14.2. The van der Waals surface area contributed by atoms with Gasteiger partial charge in [-0.2, -0.15) is 0 Å². The molecule has 0 saturated carbocycles. The maximum absolute atomic E-state index is 12.9. The molecule has 3 atom stereocenters. The van der Waals surface area contributed by atoms with Crippen molar-refractivity contribution < 1.29 is 23.7 Å². The number of aliphatic hydroxyl groups excluding tert-OH is 1. The maximum atomic E-state index is 12.9. The second kappa shape index (κ2) is 9.85. The van der Waals surface area contributed by atoms with E-state index in [4.69, 9.17) is 14.2 Å². The first-order valence-electron chi connectivity index (χ1n) is 7.98. The summed E-state index contributed by atoms with van der Waals surface area (Å²) in [6.45, 7) is 0.217. The molecule has 1 heterocycles. The Morgan fingerprint density at radius 1 is 1.23 bits per heavy atom. The number of halogens is 1. The first kappa shape index (κ1) is 19.8. The Bertz CT molecular complexity index is 779. The summed E-state index contributed by atoms with van der Waals surface area (Å²) in [6.07, 6.45) is -2.07. The number of para-hydroxylation sites is 1. The molecule has 26 heavy (non-hydrogen) atoms. The predicted molar refractivity (Wildman–Crippen MR) is 90.8 cm³/mol. The van der Waals surface area contributed by atoms with E-state index in [1.54, 1.807) is 24.3 Å². The Hall–Kier alpha value is -2.49. The fraction of sp³-hybridized carbons (Fsp3) is 0.412. The van der Waals surface area contributed by atoms with E-state index in [9.17, 15) is 19.1 Å². The van der Waals surface area contributed by atoms with Gasteiger partial charge in [0.1, 0.15) is 30.9 Å². The molecule has 8 nitrogen and oxygen atoms in total. The molecule has 0 unspecified atom stereocenters. The molecule has 0 radical (unpaired) electrons. The van der Waals surface area contributed by atoms with Crippen LogP contribution in [0.5, 0.6) is 5.75 Å². The number of alkyl halides is 1. The van der Waals surface area contributed by atoms with Crippen LogP contribution in [-0.4, -0.2) is 46.9 Å². The molecule has 0 saturated heterocycles. The molecule has 0 spiro atoms. The van der Waals surface area contributed by atoms with Crippen LogP contribution in [0.15, 0.2) is 52.2 Å². The van der Waals surface area contributed by atoms with Gasteiger partial charge in [0, 0.05) is 12.3 Å². The molecule has 0 aliphatic heterocycles. The van der Waals surface area contributed by atoms with Gasteiger partial charge in [0.2, 0.25) is 0 Å². The maximum Gasteiger partial charge on any atom is 0.330 e. The minimum Gasteiger partial charge on any atom is -0.468 e. The summed E-state index contributed by atoms with van der Waals surface area (Å²) < 4.78 is 30.1. The SMILES string of the molecule is C[C@@H](O[C@H](COCOc1ccccc1)[C@@H](O)CF)n1ccc(=O)[nH]c1=O. The Balaban J connectivity index is 1.91. The normalized spacial score (nSPS) is 14.6. The third-order valence-electron chi connectivity index (χ3n) is 3.54. The van der Waals surface area contributed by atoms with Crippen LogP contribution in [0.3, 0.4) is 0 Å². The summed E-state index contributed by atoms with van der Waals surface area (Å²) in [5, 5.41) is 9.78. The Kier molecular flexibility index (Phi) is 7.52. The number of ether oxygens (including phenoxy) is 3. The summed E-state index contributed by atoms with van der Waals surface area (Å²) in [4.78, 5) is 24.9. The first-order valence-corrected chi connectivity index (χ1v) is 7.98. The average Bonchev–Trinajstić information content (AvgIpc) is 2.64. The molecule has 2 aromatic rings. The number of aromatic nitrogens is 2. The number of hydrogen-bond donors (Lipinski definition) is 2. The molecule has 1 aromatic heterocycles. The van der Waals surface area contributed by atoms with Gasteiger partial charge in [-0.05, 0) is 19.1 Å². The highest BCUT2D eigenvalue weighted by Crippen LogP contribution is 2.13. The molecule has 1 aromatic carbocycles. The third kappa shape index (κ3) is 5.80. The second-order valence-electron chi connectivity index (χ2n) is 5.46. The van der Waals surface area contributed by atoms with E-state index in [0.717, 1.165) is 10.6 Å². The zero-order chi connectivity index (χ0) is 18.9. The highest BCUT2D eigenvalue weighted by atomic mass is 19.1. The minimum absolute atomic E-state index is 0.115. The van der Waals surface area contributed by atoms with Crippen molar-refractivity contribution in [2.75, 3.05) is 20.1 Å². The van der Waals surface area contributed by atoms with Crippen LogP contribution < -0.4 is 16.0 Å². The zero-order valence-corrected chi connectivity index (χ0v) is 14.2. The Morgan fingerprint density at radius 2 is 1.96 bits per heavy atom. The summed E-state index contributed by atoms with van der Waals surface area (Å²) in [7, 11) is 0. The fourth-order valence-corrected chi connectivity index (χ4v) is 2.16. The summed E-state index contributed by atoms with van der Waals surface area (Å²) in [5.74, 6) is 0.601. The molecule has 2 N–H and O–H groups in total. The van der Waals surface area contributed by atoms with Gasteiger partial charge in [0.25, 0.3) is 5.56 Å². The van der Waals surface area contributed by atoms with Crippen molar-refractivity contribution in [3.63, 3.8) is 0 Å². The van der Waals surface area contributed by atoms with Gasteiger partial charge in [-0.3, -0.25) is 14.3 Å². The average molecular weight is 368 g/mol. The molecule has 142 valence electrons. The molecule has 2 rings (SSSR count). The van der Waals surface area contributed by atoms with Crippen molar-refractivity contribution >= 4 is 0 Å². The van der Waals surface area contributed by atoms with E-state index in [1.165, 1.54) is 13.1 Å². The molecule has 0 amide bonds. The van der Waals surface area contributed by atoms with Gasteiger partial charge < -0.3 is 19.3 Å². The molecular formula is C17H21FN2O6. The highest BCUT2D eigenvalue weighted by molar-refractivity contribution is 5.20. The number of H-pyrrole nitrogens is 1. The van der Waals surface area contributed by atoms with Crippen molar-refractivity contribution in [2.24, 2.45) is 0 Å². The number of rotatable bonds is 10. The number of nitrogens with zero attached hydrogens (tertiary/aromatic N) is 1. The van der Waals surface area contributed by atoms with Crippen LogP contribution in [0.25, 0.3) is 0 Å². The van der Waals surface area contributed by atoms with Crippen LogP contribution in [0.2, 0.25) is 0 Å². The number of benzene rings is 1. The number of hydrogen-bond acceptors (Lipinski definition) is 6. The molecular weight excluding hydrogens is 347 g/mol. The standard InChI is InChI=1S/C17H21FN2O6/c1-12(20-8-7-16(22)19-17(20)23)26-15(14(21)9-18)10-24-11-25-13-5-3-2-4-6-13/h2-8,12,14-15,21H,9-11H2,1H3,(H,19,22,23)/t12-,14+,15-/m1/s1. The predicted octanol–water partition coefficient (Wildman–Crippen LogP) is 0.824. The molecule has 0 aliphatic rings. The lowest BCUT2D eigenvalue weighted by atomic mass is 10.2. The smallest absolute Gasteiger partial charge is 0.330 e. The fourth-order valence-electron chi connectivity index (χ4n) is 2.16. The van der Waals surface area contributed by atoms with Gasteiger partial charge in [-0.1, -0.05) is 18.2 Å². The third-order valence-corrected chi connectivity index (χ3v) is 3.54. The lowest BCUT2D eigenvalue weighted by Gasteiger charge is -2.26. The van der Waals surface area contributed by atoms with E-state index in [1.807, 2.05) is 6.07 Å². The van der Waals surface area contributed by atoms with E-state index in [0.29, 0.717) is 5.75 Å². The van der Waals surface area contributed by atoms with Crippen LogP contribution in [0.1, 0.15) is 13.2 Å². The van der Waals surface area contributed by atoms with E-state index in [-0.39, 0.29) is 13.4 Å². The van der Waals surface area contributed by atoms with Crippen molar-refractivity contribution in [1.82, 2.24) is 9.55 Å². The second-order valence-corrected chi connectivity index (χ2v) is 5.46. The van der Waals surface area contributed by atoms with Gasteiger partial charge in [0.05, 0.1) is 6.61 Å². The van der Waals surface area contributed by atoms with Gasteiger partial charge in [-0.15, -0.1) is 0 Å². The van der Waals surface area contributed by atoms with Gasteiger partial charge >= 0.3 is 5.69 Å². The monoisotopic (exact) mass is 368 g/mol. The van der Waals surface area contributed by atoms with Gasteiger partial charge in [0.15, 0.2) is 6.79 Å². The summed E-state index contributed by atoms with van der Waals surface area (Å²) in [6, 6.07) is 10.1. The Labute approximate surface area is 148 Å². The number of aliphatic hydroxyl groups is 1. The van der Waals surface area contributed by atoms with Crippen LogP contribution in [-0.2, 0) is 9.47 Å². The lowest BCUT2D eigenvalue weighted by Crippen LogP contribution is -2.39. The first-order chi connectivity index (χ1) is 12.5. The molecule has 0 aliphatic carbocycles. The van der Waals surface area contributed by atoms with Crippen LogP contribution in [0.4, 0.5) is 4.39 Å². The van der Waals surface area contributed by atoms with Crippen molar-refractivity contribution in [2.45, 2.75) is 25.4 Å². The van der Waals surface area contributed by atoms with Gasteiger partial charge in [-0.25, -0.2) is 9.18 Å². The summed E-state index contributed by atoms with van der Waals surface area (Å²) in [5.41, 5.74) is -1.22. The minimum atomic E-state index is -1.44. The van der Waals surface area contributed by atoms with Crippen molar-refractivity contribution in [3.05, 3.63) is 63.4 Å². The van der Waals surface area contributed by atoms with E-state index in [2.05, 4.69) is 4.98 Å². The lowest BCUT2D eigenvalue weighted by molar-refractivity contribution is -0.142. The van der Waals surface area contributed by atoms with Crippen LogP contribution in [0, 0.1) is 0 Å². The van der Waals surface area contributed by atoms with Crippen molar-refractivity contribution in [3.8, 4) is 5.75 Å². The highest BCUT2D eigenvalue weighted by Gasteiger charge is 2.24. The van der Waals surface area contributed by atoms with E-state index < -0.39 is 36.4 Å². The summed E-state index contributed by atoms with van der Waals surface area (Å²) >= 11 is 0. The number of nitrogens with one attached hydrogen (secondary N) is 1. The quantitative estimate of drug-likeness (QED) is 0.476. The topological polar surface area (TPSA) is 103 Å². The van der Waals surface area contributed by atoms with E-state index >= 15 is 0 Å². The molecule has 9 heteroatoms. The van der Waals surface area contributed by atoms with Crippen molar-refractivity contribution in [1.29, 1.82) is 0 Å². The molecule has 0 bridgehead atoms. The Morgan fingerprint density at radius 3 is 2.62 bits per heavy atom. The number of aromatic amines is 1. The van der Waals surface area contributed by atoms with Crippen LogP contribution >= 0.6 is 0 Å². The molecule has 0 fully saturated rings. The largest absolute Gasteiger partial charge is 0.468 e.